The summed E-state index contributed by atoms with van der Waals surface area (Å²) in [6.45, 7) is 5.92. The first kappa shape index (κ1) is 20.7. The fourth-order valence-electron chi connectivity index (χ4n) is 6.21. The normalized spacial score (nSPS) is 30.8. The van der Waals surface area contributed by atoms with Crippen LogP contribution in [0.15, 0.2) is 18.5 Å². The lowest BCUT2D eigenvalue weighted by atomic mass is 9.43. The van der Waals surface area contributed by atoms with Gasteiger partial charge in [-0.15, -0.1) is 0 Å². The summed E-state index contributed by atoms with van der Waals surface area (Å²) >= 11 is 0. The Morgan fingerprint density at radius 2 is 1.75 bits per heavy atom. The van der Waals surface area contributed by atoms with Crippen molar-refractivity contribution in [2.45, 2.75) is 62.7 Å². The molecule has 8 heteroatoms. The van der Waals surface area contributed by atoms with E-state index >= 15 is 0 Å². The SMILES string of the molecule is Cc1ncc(-c2cn(C34CC(N5CCN(C)CC5)(C3)C4)c(CC3CC3)n2)cc1C(F)(F)F. The first-order chi connectivity index (χ1) is 15.2. The average Bonchev–Trinajstić information content (AvgIpc) is 3.39. The molecule has 0 spiro atoms. The summed E-state index contributed by atoms with van der Waals surface area (Å²) in [6.07, 6.45) is 5.92. The summed E-state index contributed by atoms with van der Waals surface area (Å²) < 4.78 is 42.7. The Hall–Kier alpha value is -1.93. The maximum atomic E-state index is 13.4. The van der Waals surface area contributed by atoms with Gasteiger partial charge in [-0.25, -0.2) is 4.98 Å². The minimum atomic E-state index is -4.41. The third-order valence-electron chi connectivity index (χ3n) is 8.29. The Balaban J connectivity index is 1.29. The van der Waals surface area contributed by atoms with Gasteiger partial charge in [0.05, 0.1) is 16.8 Å². The van der Waals surface area contributed by atoms with Crippen LogP contribution in [0.1, 0.15) is 49.2 Å². The Bertz CT molecular complexity index is 1030. The molecule has 4 saturated carbocycles. The van der Waals surface area contributed by atoms with Crippen LogP contribution in [0.5, 0.6) is 0 Å². The minimum Gasteiger partial charge on any atom is -0.328 e. The van der Waals surface area contributed by atoms with E-state index in [0.717, 1.165) is 57.7 Å². The van der Waals surface area contributed by atoms with Gasteiger partial charge in [0, 0.05) is 61.8 Å². The van der Waals surface area contributed by atoms with E-state index in [0.29, 0.717) is 22.7 Å². The van der Waals surface area contributed by atoms with Gasteiger partial charge in [-0.05, 0) is 58.1 Å². The number of likely N-dealkylation sites (N-methyl/N-ethyl adjacent to an activating group) is 1. The largest absolute Gasteiger partial charge is 0.418 e. The van der Waals surface area contributed by atoms with Crippen LogP contribution in [0.2, 0.25) is 0 Å². The molecule has 0 aromatic carbocycles. The summed E-state index contributed by atoms with van der Waals surface area (Å²) in [6, 6.07) is 1.21. The third-order valence-corrected chi connectivity index (χ3v) is 8.29. The fourth-order valence-corrected chi connectivity index (χ4v) is 6.21. The Labute approximate surface area is 186 Å². The van der Waals surface area contributed by atoms with Crippen LogP contribution >= 0.6 is 0 Å². The number of hydrogen-bond donors (Lipinski definition) is 0. The van der Waals surface area contributed by atoms with Crippen LogP contribution in [0.3, 0.4) is 0 Å². The van der Waals surface area contributed by atoms with Gasteiger partial charge in [0.15, 0.2) is 0 Å². The average molecular weight is 446 g/mol. The Kier molecular flexibility index (Phi) is 4.39. The molecule has 0 atom stereocenters. The van der Waals surface area contributed by atoms with Crippen molar-refractivity contribution in [3.05, 3.63) is 35.5 Å². The minimum absolute atomic E-state index is 0.00688. The molecule has 3 heterocycles. The van der Waals surface area contributed by atoms with Crippen molar-refractivity contribution in [3.63, 3.8) is 0 Å². The molecule has 0 amide bonds. The molecule has 0 N–H and O–H groups in total. The van der Waals surface area contributed by atoms with Crippen molar-refractivity contribution in [2.24, 2.45) is 5.92 Å². The van der Waals surface area contributed by atoms with Gasteiger partial charge in [-0.3, -0.25) is 9.88 Å². The molecule has 1 saturated heterocycles. The molecule has 172 valence electrons. The van der Waals surface area contributed by atoms with Gasteiger partial charge < -0.3 is 9.47 Å². The molecule has 5 fully saturated rings. The molecule has 4 aliphatic carbocycles. The van der Waals surface area contributed by atoms with Gasteiger partial charge in [-0.2, -0.15) is 13.2 Å². The van der Waals surface area contributed by atoms with Gasteiger partial charge in [0.1, 0.15) is 5.82 Å². The van der Waals surface area contributed by atoms with Gasteiger partial charge in [0.25, 0.3) is 0 Å². The number of rotatable bonds is 5. The van der Waals surface area contributed by atoms with Crippen LogP contribution in [0.4, 0.5) is 13.2 Å². The van der Waals surface area contributed by atoms with Crippen molar-refractivity contribution in [1.82, 2.24) is 24.3 Å². The van der Waals surface area contributed by atoms with Crippen LogP contribution in [-0.4, -0.2) is 63.1 Å². The molecule has 1 aliphatic heterocycles. The highest BCUT2D eigenvalue weighted by atomic mass is 19.4. The van der Waals surface area contributed by atoms with E-state index in [1.165, 1.54) is 32.0 Å². The van der Waals surface area contributed by atoms with E-state index in [4.69, 9.17) is 4.98 Å². The van der Waals surface area contributed by atoms with Gasteiger partial charge in [-0.1, -0.05) is 0 Å². The van der Waals surface area contributed by atoms with Crippen molar-refractivity contribution < 1.29 is 13.2 Å². The van der Waals surface area contributed by atoms with E-state index in [1.807, 2.05) is 6.20 Å². The van der Waals surface area contributed by atoms with Crippen LogP contribution < -0.4 is 0 Å². The summed E-state index contributed by atoms with van der Waals surface area (Å²) in [7, 11) is 2.18. The lowest BCUT2D eigenvalue weighted by molar-refractivity contribution is -0.213. The molecule has 32 heavy (non-hydrogen) atoms. The molecule has 5 nitrogen and oxygen atoms in total. The van der Waals surface area contributed by atoms with Crippen LogP contribution in [0.25, 0.3) is 11.3 Å². The second kappa shape index (κ2) is 6.79. The van der Waals surface area contributed by atoms with Crippen molar-refractivity contribution >= 4 is 0 Å². The second-order valence-corrected chi connectivity index (χ2v) is 10.7. The number of hydrogen-bond acceptors (Lipinski definition) is 4. The number of halogens is 3. The monoisotopic (exact) mass is 445 g/mol. The smallest absolute Gasteiger partial charge is 0.328 e. The van der Waals surface area contributed by atoms with Crippen molar-refractivity contribution in [1.29, 1.82) is 0 Å². The summed E-state index contributed by atoms with van der Waals surface area (Å²) in [4.78, 5) is 14.0. The third kappa shape index (κ3) is 3.21. The Morgan fingerprint density at radius 1 is 1.06 bits per heavy atom. The van der Waals surface area contributed by atoms with E-state index in [9.17, 15) is 13.2 Å². The number of aromatic nitrogens is 3. The number of alkyl halides is 3. The molecule has 2 bridgehead atoms. The molecule has 2 aromatic heterocycles. The van der Waals surface area contributed by atoms with Gasteiger partial charge >= 0.3 is 6.18 Å². The van der Waals surface area contributed by atoms with E-state index in [2.05, 4.69) is 26.4 Å². The number of piperazine rings is 1. The number of imidazole rings is 1. The fraction of sp³-hybridized carbons (Fsp3) is 0.667. The van der Waals surface area contributed by atoms with Crippen molar-refractivity contribution in [2.75, 3.05) is 33.2 Å². The molecule has 2 aromatic rings. The molecule has 0 radical (unpaired) electrons. The lowest BCUT2D eigenvalue weighted by Crippen LogP contribution is -2.80. The highest BCUT2D eigenvalue weighted by Gasteiger charge is 2.71. The molecule has 7 rings (SSSR count). The topological polar surface area (TPSA) is 37.2 Å². The zero-order chi connectivity index (χ0) is 22.3. The summed E-state index contributed by atoms with van der Waals surface area (Å²) in [5.74, 6) is 1.72. The highest BCUT2D eigenvalue weighted by molar-refractivity contribution is 5.60. The summed E-state index contributed by atoms with van der Waals surface area (Å²) in [5, 5.41) is 0. The van der Waals surface area contributed by atoms with Crippen LogP contribution in [-0.2, 0) is 18.1 Å². The van der Waals surface area contributed by atoms with Crippen LogP contribution in [0, 0.1) is 12.8 Å². The van der Waals surface area contributed by atoms with E-state index in [-0.39, 0.29) is 11.2 Å². The molecule has 5 aliphatic rings. The lowest BCUT2D eigenvalue weighted by Gasteiger charge is -2.75. The molecular weight excluding hydrogens is 415 g/mol. The number of pyridine rings is 1. The van der Waals surface area contributed by atoms with E-state index < -0.39 is 11.7 Å². The molecule has 0 unspecified atom stereocenters. The summed E-state index contributed by atoms with van der Waals surface area (Å²) in [5.41, 5.74) is 0.845. The predicted octanol–water partition coefficient (Wildman–Crippen LogP) is 4.10. The number of aryl methyl sites for hydroxylation is 1. The first-order valence-electron chi connectivity index (χ1n) is 11.7. The zero-order valence-corrected chi connectivity index (χ0v) is 18.8. The predicted molar refractivity (Wildman–Crippen MR) is 115 cm³/mol. The number of nitrogens with zero attached hydrogens (tertiary/aromatic N) is 5. The maximum Gasteiger partial charge on any atom is 0.418 e. The Morgan fingerprint density at radius 3 is 2.38 bits per heavy atom. The maximum absolute atomic E-state index is 13.4. The standard InChI is InChI=1S/C24H30F3N5/c1-16-19(24(25,26)27)10-18(11-28-16)20-12-32(21(29-20)9-17-3-4-17)23-13-22(14-23,15-23)31-7-5-30(2)6-8-31/h10-12,17H,3-9,13-15H2,1-2H3. The van der Waals surface area contributed by atoms with Crippen molar-refractivity contribution in [3.8, 4) is 11.3 Å². The quantitative estimate of drug-likeness (QED) is 0.694. The highest BCUT2D eigenvalue weighted by Crippen LogP contribution is 2.68. The zero-order valence-electron chi connectivity index (χ0n) is 18.8. The van der Waals surface area contributed by atoms with E-state index in [1.54, 1.807) is 0 Å². The van der Waals surface area contributed by atoms with Gasteiger partial charge in [0.2, 0.25) is 0 Å². The molecular formula is C24H30F3N5. The second-order valence-electron chi connectivity index (χ2n) is 10.7. The first-order valence-corrected chi connectivity index (χ1v) is 11.7.